The third-order valence-electron chi connectivity index (χ3n) is 2.20. The van der Waals surface area contributed by atoms with Gasteiger partial charge in [-0.2, -0.15) is 0 Å². The zero-order valence-electron chi connectivity index (χ0n) is 9.05. The van der Waals surface area contributed by atoms with Gasteiger partial charge in [0.2, 0.25) is 0 Å². The summed E-state index contributed by atoms with van der Waals surface area (Å²) >= 11 is 0. The Balaban J connectivity index is 2.79. The van der Waals surface area contributed by atoms with Crippen molar-refractivity contribution in [2.75, 3.05) is 6.61 Å². The van der Waals surface area contributed by atoms with Crippen molar-refractivity contribution < 1.29 is 4.74 Å². The largest absolute Gasteiger partial charge is 0.478 e. The third-order valence-corrected chi connectivity index (χ3v) is 2.20. The Morgan fingerprint density at radius 1 is 1.62 bits per heavy atom. The van der Waals surface area contributed by atoms with Crippen molar-refractivity contribution in [1.82, 2.24) is 0 Å². The minimum absolute atomic E-state index is 0.00444. The van der Waals surface area contributed by atoms with E-state index in [2.05, 4.69) is 39.3 Å². The molecule has 0 aliphatic carbocycles. The fraction of sp³-hybridized carbons (Fsp3) is 0.727. The van der Waals surface area contributed by atoms with E-state index in [4.69, 9.17) is 4.74 Å². The molecule has 13 heavy (non-hydrogen) atoms. The number of hydrogen-bond acceptors (Lipinski definition) is 2. The lowest BCUT2D eigenvalue weighted by atomic mass is 9.89. The predicted molar refractivity (Wildman–Crippen MR) is 56.1 cm³/mol. The van der Waals surface area contributed by atoms with Crippen LogP contribution in [0.3, 0.4) is 0 Å². The summed E-state index contributed by atoms with van der Waals surface area (Å²) in [6.07, 6.45) is 2.82. The monoisotopic (exact) mass is 181 g/mol. The molecule has 0 N–H and O–H groups in total. The highest BCUT2D eigenvalue weighted by atomic mass is 16.5. The summed E-state index contributed by atoms with van der Waals surface area (Å²) in [5.74, 6) is 0.873. The Morgan fingerprint density at radius 3 is 2.62 bits per heavy atom. The number of nitrogens with zero attached hydrogens (tertiary/aromatic N) is 1. The topological polar surface area (TPSA) is 21.6 Å². The molecule has 1 rings (SSSR count). The lowest BCUT2D eigenvalue weighted by molar-refractivity contribution is 0.250. The van der Waals surface area contributed by atoms with Crippen LogP contribution in [0.5, 0.6) is 0 Å². The Bertz CT molecular complexity index is 238. The molecule has 1 heterocycles. The molecule has 0 unspecified atom stereocenters. The van der Waals surface area contributed by atoms with Crippen molar-refractivity contribution >= 4 is 5.90 Å². The molecule has 0 atom stereocenters. The lowest BCUT2D eigenvalue weighted by Crippen LogP contribution is -2.23. The molecule has 1 aliphatic rings. The predicted octanol–water partition coefficient (Wildman–Crippen LogP) is 2.80. The summed E-state index contributed by atoms with van der Waals surface area (Å²) in [6.45, 7) is 12.9. The summed E-state index contributed by atoms with van der Waals surface area (Å²) in [6, 6.07) is 0. The summed E-state index contributed by atoms with van der Waals surface area (Å²) in [7, 11) is 0. The van der Waals surface area contributed by atoms with Crippen molar-refractivity contribution in [3.63, 3.8) is 0 Å². The number of hydrogen-bond donors (Lipinski definition) is 0. The standard InChI is InChI=1S/C11H19NO/c1-6-7-10(2,3)9-12-11(4,5)8-13-9/h6H,1,7-8H2,2-5H3. The zero-order chi connectivity index (χ0) is 10.1. The van der Waals surface area contributed by atoms with E-state index in [-0.39, 0.29) is 11.0 Å². The highest BCUT2D eigenvalue weighted by molar-refractivity contribution is 5.83. The minimum Gasteiger partial charge on any atom is -0.478 e. The van der Waals surface area contributed by atoms with Gasteiger partial charge in [-0.25, -0.2) is 4.99 Å². The van der Waals surface area contributed by atoms with Crippen LogP contribution in [0, 0.1) is 5.41 Å². The van der Waals surface area contributed by atoms with Gasteiger partial charge in [0.1, 0.15) is 6.61 Å². The fourth-order valence-electron chi connectivity index (χ4n) is 1.38. The van der Waals surface area contributed by atoms with Gasteiger partial charge in [0.25, 0.3) is 0 Å². The summed E-state index contributed by atoms with van der Waals surface area (Å²) in [5, 5.41) is 0. The van der Waals surface area contributed by atoms with E-state index in [0.717, 1.165) is 12.3 Å². The van der Waals surface area contributed by atoms with Crippen molar-refractivity contribution in [2.45, 2.75) is 39.7 Å². The minimum atomic E-state index is -0.0478. The number of allylic oxidation sites excluding steroid dienone is 1. The van der Waals surface area contributed by atoms with Crippen LogP contribution < -0.4 is 0 Å². The van der Waals surface area contributed by atoms with Crippen LogP contribution >= 0.6 is 0 Å². The van der Waals surface area contributed by atoms with E-state index in [0.29, 0.717) is 6.61 Å². The maximum atomic E-state index is 5.59. The molecule has 74 valence electrons. The average molecular weight is 181 g/mol. The van der Waals surface area contributed by atoms with Gasteiger partial charge >= 0.3 is 0 Å². The van der Waals surface area contributed by atoms with Gasteiger partial charge in [-0.15, -0.1) is 6.58 Å². The molecule has 0 fully saturated rings. The maximum absolute atomic E-state index is 5.59. The quantitative estimate of drug-likeness (QED) is 0.613. The second-order valence-corrected chi connectivity index (χ2v) is 4.89. The summed E-state index contributed by atoms with van der Waals surface area (Å²) in [5.41, 5.74) is -0.0523. The molecular formula is C11H19NO. The summed E-state index contributed by atoms with van der Waals surface area (Å²) < 4.78 is 5.59. The summed E-state index contributed by atoms with van der Waals surface area (Å²) in [4.78, 5) is 4.56. The zero-order valence-corrected chi connectivity index (χ0v) is 9.05. The average Bonchev–Trinajstić information content (AvgIpc) is 2.30. The SMILES string of the molecule is C=CCC(C)(C)C1=NC(C)(C)CO1. The number of aliphatic imine (C=N–C) groups is 1. The number of ether oxygens (including phenoxy) is 1. The molecule has 0 radical (unpaired) electrons. The molecule has 0 aromatic rings. The lowest BCUT2D eigenvalue weighted by Gasteiger charge is -2.21. The highest BCUT2D eigenvalue weighted by Crippen LogP contribution is 2.30. The van der Waals surface area contributed by atoms with Crippen molar-refractivity contribution in [3.05, 3.63) is 12.7 Å². The molecule has 0 bridgehead atoms. The molecule has 2 heteroatoms. The van der Waals surface area contributed by atoms with Gasteiger partial charge in [0.15, 0.2) is 5.90 Å². The molecule has 0 aromatic carbocycles. The van der Waals surface area contributed by atoms with Crippen LogP contribution in [-0.4, -0.2) is 18.0 Å². The normalized spacial score (nSPS) is 20.8. The molecule has 0 aromatic heterocycles. The first kappa shape index (κ1) is 10.3. The second-order valence-electron chi connectivity index (χ2n) is 4.89. The smallest absolute Gasteiger partial charge is 0.190 e. The Labute approximate surface area is 80.7 Å². The van der Waals surface area contributed by atoms with E-state index in [9.17, 15) is 0 Å². The van der Waals surface area contributed by atoms with Crippen LogP contribution in [0.4, 0.5) is 0 Å². The van der Waals surface area contributed by atoms with Crippen molar-refractivity contribution in [2.24, 2.45) is 10.4 Å². The molecule has 1 aliphatic heterocycles. The van der Waals surface area contributed by atoms with E-state index in [1.165, 1.54) is 0 Å². The van der Waals surface area contributed by atoms with E-state index < -0.39 is 0 Å². The van der Waals surface area contributed by atoms with Crippen LogP contribution in [-0.2, 0) is 4.74 Å². The van der Waals surface area contributed by atoms with Gasteiger partial charge in [0.05, 0.1) is 5.54 Å². The van der Waals surface area contributed by atoms with E-state index in [1.807, 2.05) is 6.08 Å². The first-order valence-corrected chi connectivity index (χ1v) is 4.71. The van der Waals surface area contributed by atoms with Gasteiger partial charge in [-0.1, -0.05) is 19.9 Å². The fourth-order valence-corrected chi connectivity index (χ4v) is 1.38. The van der Waals surface area contributed by atoms with Crippen LogP contribution in [0.25, 0.3) is 0 Å². The molecule has 0 spiro atoms. The molecule has 0 saturated carbocycles. The van der Waals surface area contributed by atoms with Gasteiger partial charge < -0.3 is 4.74 Å². The second kappa shape index (κ2) is 3.17. The Hall–Kier alpha value is -0.790. The molecule has 0 amide bonds. The Kier molecular flexibility index (Phi) is 2.51. The van der Waals surface area contributed by atoms with E-state index in [1.54, 1.807) is 0 Å². The van der Waals surface area contributed by atoms with Crippen LogP contribution in [0.15, 0.2) is 17.6 Å². The first-order valence-electron chi connectivity index (χ1n) is 4.71. The number of rotatable bonds is 3. The molecule has 0 saturated heterocycles. The van der Waals surface area contributed by atoms with Gasteiger partial charge in [-0.05, 0) is 20.3 Å². The van der Waals surface area contributed by atoms with Crippen molar-refractivity contribution in [3.8, 4) is 0 Å². The van der Waals surface area contributed by atoms with E-state index >= 15 is 0 Å². The maximum Gasteiger partial charge on any atom is 0.190 e. The van der Waals surface area contributed by atoms with Crippen molar-refractivity contribution in [1.29, 1.82) is 0 Å². The molecular weight excluding hydrogens is 162 g/mol. The first-order chi connectivity index (χ1) is 5.87. The Morgan fingerprint density at radius 2 is 2.23 bits per heavy atom. The van der Waals surface area contributed by atoms with Gasteiger partial charge in [0, 0.05) is 5.41 Å². The van der Waals surface area contributed by atoms with Gasteiger partial charge in [-0.3, -0.25) is 0 Å². The van der Waals surface area contributed by atoms with Crippen LogP contribution in [0.2, 0.25) is 0 Å². The third kappa shape index (κ3) is 2.33. The van der Waals surface area contributed by atoms with Crippen LogP contribution in [0.1, 0.15) is 34.1 Å². The molecule has 2 nitrogen and oxygen atoms in total. The highest BCUT2D eigenvalue weighted by Gasteiger charge is 2.34.